The number of rotatable bonds is 2. The second-order valence-corrected chi connectivity index (χ2v) is 4.23. The number of anilines is 1. The van der Waals surface area contributed by atoms with Gasteiger partial charge in [0.1, 0.15) is 5.65 Å². The third-order valence-corrected chi connectivity index (χ3v) is 2.88. The number of aromatic nitrogens is 3. The highest BCUT2D eigenvalue weighted by atomic mass is 16.1. The van der Waals surface area contributed by atoms with Crippen molar-refractivity contribution in [3.63, 3.8) is 0 Å². The van der Waals surface area contributed by atoms with Crippen LogP contribution in [-0.4, -0.2) is 14.5 Å². The van der Waals surface area contributed by atoms with Crippen LogP contribution < -0.4 is 11.3 Å². The van der Waals surface area contributed by atoms with Gasteiger partial charge in [-0.05, 0) is 24.8 Å². The Balaban J connectivity index is 2.24. The van der Waals surface area contributed by atoms with Gasteiger partial charge in [0.15, 0.2) is 0 Å². The zero-order valence-corrected chi connectivity index (χ0v) is 8.76. The van der Waals surface area contributed by atoms with Crippen LogP contribution in [0.2, 0.25) is 0 Å². The monoisotopic (exact) mass is 216 g/mol. The fraction of sp³-hybridized carbons (Fsp3) is 0.364. The second-order valence-electron chi connectivity index (χ2n) is 4.23. The Labute approximate surface area is 91.9 Å². The van der Waals surface area contributed by atoms with Gasteiger partial charge in [-0.25, -0.2) is 4.98 Å². The molecule has 2 aromatic heterocycles. The largest absolute Gasteiger partial charge is 0.368 e. The molecule has 0 bridgehead atoms. The number of hydrogen-bond donors (Lipinski definition) is 1. The molecule has 0 radical (unpaired) electrons. The van der Waals surface area contributed by atoms with Gasteiger partial charge in [0.05, 0.1) is 0 Å². The molecule has 5 nitrogen and oxygen atoms in total. The summed E-state index contributed by atoms with van der Waals surface area (Å²) in [5.74, 6) is 0.835. The van der Waals surface area contributed by atoms with E-state index >= 15 is 0 Å². The first-order valence-corrected chi connectivity index (χ1v) is 5.36. The molecule has 82 valence electrons. The van der Waals surface area contributed by atoms with Gasteiger partial charge in [-0.2, -0.15) is 4.98 Å². The lowest BCUT2D eigenvalue weighted by atomic mass is 10.3. The third-order valence-electron chi connectivity index (χ3n) is 2.88. The van der Waals surface area contributed by atoms with Crippen molar-refractivity contribution in [1.29, 1.82) is 0 Å². The molecule has 2 heterocycles. The standard InChI is InChI=1S/C11H12N4O/c12-11-13-5-8-3-4-9(16)15(10(8)14-11)6-7-1-2-7/h3-5,7H,1-2,6H2,(H2,12,13,14). The molecule has 1 saturated carbocycles. The molecule has 1 aliphatic rings. The van der Waals surface area contributed by atoms with Crippen LogP contribution >= 0.6 is 0 Å². The first-order chi connectivity index (χ1) is 7.74. The SMILES string of the molecule is Nc1ncc2ccc(=O)n(CC3CC3)c2n1. The van der Waals surface area contributed by atoms with Crippen LogP contribution in [0, 0.1) is 5.92 Å². The van der Waals surface area contributed by atoms with Crippen LogP contribution in [0.25, 0.3) is 11.0 Å². The van der Waals surface area contributed by atoms with Gasteiger partial charge in [0, 0.05) is 24.2 Å². The lowest BCUT2D eigenvalue weighted by Crippen LogP contribution is -2.21. The number of nitrogen functional groups attached to an aromatic ring is 1. The Hall–Kier alpha value is -1.91. The Morgan fingerprint density at radius 2 is 2.25 bits per heavy atom. The number of nitrogens with zero attached hydrogens (tertiary/aromatic N) is 3. The number of hydrogen-bond acceptors (Lipinski definition) is 4. The fourth-order valence-electron chi connectivity index (χ4n) is 1.82. The van der Waals surface area contributed by atoms with Crippen molar-refractivity contribution in [1.82, 2.24) is 14.5 Å². The van der Waals surface area contributed by atoms with E-state index in [0.717, 1.165) is 11.9 Å². The smallest absolute Gasteiger partial charge is 0.252 e. The molecule has 0 aromatic carbocycles. The second kappa shape index (κ2) is 3.30. The summed E-state index contributed by atoms with van der Waals surface area (Å²) in [5.41, 5.74) is 6.18. The van der Waals surface area contributed by atoms with Gasteiger partial charge in [0.2, 0.25) is 5.95 Å². The Morgan fingerprint density at radius 3 is 3.00 bits per heavy atom. The van der Waals surface area contributed by atoms with E-state index in [0.29, 0.717) is 11.6 Å². The lowest BCUT2D eigenvalue weighted by molar-refractivity contribution is 0.622. The van der Waals surface area contributed by atoms with Crippen molar-refractivity contribution in [2.75, 3.05) is 5.73 Å². The molecule has 3 rings (SSSR count). The summed E-state index contributed by atoms with van der Waals surface area (Å²) in [4.78, 5) is 19.8. The van der Waals surface area contributed by atoms with E-state index in [1.54, 1.807) is 22.9 Å². The molecule has 0 aliphatic heterocycles. The van der Waals surface area contributed by atoms with Crippen molar-refractivity contribution in [3.05, 3.63) is 28.7 Å². The Bertz CT molecular complexity index is 600. The first kappa shape index (κ1) is 9.33. The van der Waals surface area contributed by atoms with Crippen LogP contribution in [0.4, 0.5) is 5.95 Å². The van der Waals surface area contributed by atoms with E-state index in [2.05, 4.69) is 9.97 Å². The molecule has 0 saturated heterocycles. The molecular weight excluding hydrogens is 204 g/mol. The lowest BCUT2D eigenvalue weighted by Gasteiger charge is -2.07. The summed E-state index contributed by atoms with van der Waals surface area (Å²) in [7, 11) is 0. The first-order valence-electron chi connectivity index (χ1n) is 5.36. The van der Waals surface area contributed by atoms with E-state index in [9.17, 15) is 4.79 Å². The van der Waals surface area contributed by atoms with E-state index < -0.39 is 0 Å². The van der Waals surface area contributed by atoms with E-state index in [1.165, 1.54) is 12.8 Å². The minimum absolute atomic E-state index is 0.0162. The molecule has 1 fully saturated rings. The fourth-order valence-corrected chi connectivity index (χ4v) is 1.82. The van der Waals surface area contributed by atoms with E-state index in [4.69, 9.17) is 5.73 Å². The van der Waals surface area contributed by atoms with Crippen molar-refractivity contribution in [2.45, 2.75) is 19.4 Å². The van der Waals surface area contributed by atoms with Crippen LogP contribution in [0.3, 0.4) is 0 Å². The summed E-state index contributed by atoms with van der Waals surface area (Å²) in [5, 5.41) is 0.856. The average Bonchev–Trinajstić information content (AvgIpc) is 3.06. The quantitative estimate of drug-likeness (QED) is 0.805. The summed E-state index contributed by atoms with van der Waals surface area (Å²) >= 11 is 0. The van der Waals surface area contributed by atoms with Gasteiger partial charge in [-0.3, -0.25) is 9.36 Å². The zero-order valence-electron chi connectivity index (χ0n) is 8.76. The number of pyridine rings is 1. The molecule has 0 unspecified atom stereocenters. The highest BCUT2D eigenvalue weighted by Gasteiger charge is 2.23. The van der Waals surface area contributed by atoms with Crippen molar-refractivity contribution < 1.29 is 0 Å². The summed E-state index contributed by atoms with van der Waals surface area (Å²) < 4.78 is 1.70. The minimum Gasteiger partial charge on any atom is -0.368 e. The van der Waals surface area contributed by atoms with Gasteiger partial charge in [-0.1, -0.05) is 0 Å². The number of nitrogens with two attached hydrogens (primary N) is 1. The molecule has 2 aromatic rings. The third kappa shape index (κ3) is 1.54. The molecule has 1 aliphatic carbocycles. The van der Waals surface area contributed by atoms with Gasteiger partial charge < -0.3 is 5.73 Å². The van der Waals surface area contributed by atoms with Crippen molar-refractivity contribution in [2.24, 2.45) is 5.92 Å². The molecule has 2 N–H and O–H groups in total. The maximum Gasteiger partial charge on any atom is 0.252 e. The average molecular weight is 216 g/mol. The van der Waals surface area contributed by atoms with Gasteiger partial charge in [0.25, 0.3) is 5.56 Å². The topological polar surface area (TPSA) is 73.8 Å². The highest BCUT2D eigenvalue weighted by Crippen LogP contribution is 2.30. The van der Waals surface area contributed by atoms with Crippen LogP contribution in [0.5, 0.6) is 0 Å². The molecule has 0 atom stereocenters. The minimum atomic E-state index is -0.0162. The predicted molar refractivity (Wildman–Crippen MR) is 60.9 cm³/mol. The van der Waals surface area contributed by atoms with Crippen LogP contribution in [0.15, 0.2) is 23.1 Å². The maximum atomic E-state index is 11.8. The van der Waals surface area contributed by atoms with E-state index in [-0.39, 0.29) is 11.5 Å². The zero-order chi connectivity index (χ0) is 11.1. The normalized spacial score (nSPS) is 15.5. The molecule has 16 heavy (non-hydrogen) atoms. The van der Waals surface area contributed by atoms with Gasteiger partial charge in [-0.15, -0.1) is 0 Å². The predicted octanol–water partition coefficient (Wildman–Crippen LogP) is 0.784. The molecule has 5 heteroatoms. The Kier molecular flexibility index (Phi) is 1.92. The summed E-state index contributed by atoms with van der Waals surface area (Å²) in [6.07, 6.45) is 4.05. The van der Waals surface area contributed by atoms with Crippen LogP contribution in [-0.2, 0) is 6.54 Å². The van der Waals surface area contributed by atoms with Crippen molar-refractivity contribution in [3.8, 4) is 0 Å². The molecule has 0 amide bonds. The number of fused-ring (bicyclic) bond motifs is 1. The van der Waals surface area contributed by atoms with Gasteiger partial charge >= 0.3 is 0 Å². The Morgan fingerprint density at radius 1 is 1.44 bits per heavy atom. The summed E-state index contributed by atoms with van der Waals surface area (Å²) in [6, 6.07) is 3.30. The highest BCUT2D eigenvalue weighted by molar-refractivity contribution is 5.74. The summed E-state index contributed by atoms with van der Waals surface area (Å²) in [6.45, 7) is 0.743. The molecule has 0 spiro atoms. The maximum absolute atomic E-state index is 11.8. The van der Waals surface area contributed by atoms with Crippen molar-refractivity contribution >= 4 is 17.0 Å². The van der Waals surface area contributed by atoms with Crippen LogP contribution in [0.1, 0.15) is 12.8 Å². The molecular formula is C11H12N4O. The van der Waals surface area contributed by atoms with E-state index in [1.807, 2.05) is 0 Å².